The molecule has 2 aliphatic heterocycles. The lowest BCUT2D eigenvalue weighted by atomic mass is 9.96. The highest BCUT2D eigenvalue weighted by atomic mass is 19.1. The number of halogens is 1. The first kappa shape index (κ1) is 10.3. The Labute approximate surface area is 103 Å². The topological polar surface area (TPSA) is 51.5 Å². The zero-order valence-corrected chi connectivity index (χ0v) is 9.71. The van der Waals surface area contributed by atoms with Gasteiger partial charge in [0.25, 0.3) is 0 Å². The number of rotatable bonds is 2. The predicted octanol–water partition coefficient (Wildman–Crippen LogP) is 1.60. The molecule has 1 N–H and O–H groups in total. The maximum Gasteiger partial charge on any atom is 0.243 e. The Bertz CT molecular complexity index is 599. The SMILES string of the molecule is Fc1ccc2nc(NC3CC4CCC3O4)nn2c1. The van der Waals surface area contributed by atoms with E-state index in [2.05, 4.69) is 15.4 Å². The Hall–Kier alpha value is -1.69. The molecule has 0 aliphatic carbocycles. The molecule has 3 unspecified atom stereocenters. The van der Waals surface area contributed by atoms with Gasteiger partial charge in [-0.05, 0) is 31.4 Å². The number of nitrogens with one attached hydrogen (secondary N) is 1. The molecule has 2 fully saturated rings. The van der Waals surface area contributed by atoms with Crippen molar-refractivity contribution in [1.82, 2.24) is 14.6 Å². The molecule has 5 nitrogen and oxygen atoms in total. The number of pyridine rings is 1. The van der Waals surface area contributed by atoms with Gasteiger partial charge >= 0.3 is 0 Å². The molecule has 2 aromatic rings. The second-order valence-corrected chi connectivity index (χ2v) is 4.95. The second kappa shape index (κ2) is 3.65. The lowest BCUT2D eigenvalue weighted by Crippen LogP contribution is -2.30. The summed E-state index contributed by atoms with van der Waals surface area (Å²) in [5, 5.41) is 7.51. The first-order chi connectivity index (χ1) is 8.78. The van der Waals surface area contributed by atoms with E-state index in [0.29, 0.717) is 17.7 Å². The summed E-state index contributed by atoms with van der Waals surface area (Å²) in [5.41, 5.74) is 0.642. The van der Waals surface area contributed by atoms with Gasteiger partial charge in [0.1, 0.15) is 5.82 Å². The lowest BCUT2D eigenvalue weighted by Gasteiger charge is -2.18. The van der Waals surface area contributed by atoms with Gasteiger partial charge in [-0.25, -0.2) is 8.91 Å². The largest absolute Gasteiger partial charge is 0.373 e. The summed E-state index contributed by atoms with van der Waals surface area (Å²) in [6.45, 7) is 0. The first-order valence-corrected chi connectivity index (χ1v) is 6.22. The van der Waals surface area contributed by atoms with Gasteiger partial charge in [-0.1, -0.05) is 0 Å². The monoisotopic (exact) mass is 248 g/mol. The van der Waals surface area contributed by atoms with Crippen molar-refractivity contribution in [2.45, 2.75) is 37.5 Å². The van der Waals surface area contributed by atoms with E-state index in [-0.39, 0.29) is 18.0 Å². The van der Waals surface area contributed by atoms with E-state index >= 15 is 0 Å². The molecule has 18 heavy (non-hydrogen) atoms. The van der Waals surface area contributed by atoms with Gasteiger partial charge < -0.3 is 10.1 Å². The summed E-state index contributed by atoms with van der Waals surface area (Å²) in [4.78, 5) is 4.32. The molecule has 3 atom stereocenters. The van der Waals surface area contributed by atoms with Crippen molar-refractivity contribution in [1.29, 1.82) is 0 Å². The smallest absolute Gasteiger partial charge is 0.243 e. The average Bonchev–Trinajstić information content (AvgIpc) is 3.02. The van der Waals surface area contributed by atoms with E-state index < -0.39 is 0 Å². The number of anilines is 1. The van der Waals surface area contributed by atoms with Crippen LogP contribution < -0.4 is 5.32 Å². The average molecular weight is 248 g/mol. The molecule has 94 valence electrons. The Morgan fingerprint density at radius 3 is 3.11 bits per heavy atom. The standard InChI is InChI=1S/C12H13FN4O/c13-7-1-4-11-15-12(16-17(11)6-7)14-9-5-8-2-3-10(9)18-8/h1,4,6,8-10H,2-3,5H2,(H,14,16). The van der Waals surface area contributed by atoms with Gasteiger partial charge in [0.15, 0.2) is 5.65 Å². The number of aromatic nitrogens is 3. The Balaban J connectivity index is 1.59. The first-order valence-electron chi connectivity index (χ1n) is 6.22. The maximum absolute atomic E-state index is 13.0. The van der Waals surface area contributed by atoms with Crippen molar-refractivity contribution >= 4 is 11.6 Å². The molecule has 6 heteroatoms. The highest BCUT2D eigenvalue weighted by Crippen LogP contribution is 2.35. The minimum Gasteiger partial charge on any atom is -0.373 e. The summed E-state index contributed by atoms with van der Waals surface area (Å²) in [7, 11) is 0. The second-order valence-electron chi connectivity index (χ2n) is 4.95. The van der Waals surface area contributed by atoms with Crippen LogP contribution in [0.5, 0.6) is 0 Å². The summed E-state index contributed by atoms with van der Waals surface area (Å²) < 4.78 is 20.3. The van der Waals surface area contributed by atoms with Crippen LogP contribution in [0.1, 0.15) is 19.3 Å². The zero-order valence-electron chi connectivity index (χ0n) is 9.71. The van der Waals surface area contributed by atoms with Gasteiger partial charge in [0.05, 0.1) is 24.4 Å². The normalized spacial score (nSPS) is 30.2. The molecule has 0 spiro atoms. The number of hydrogen-bond acceptors (Lipinski definition) is 4. The molecule has 4 heterocycles. The summed E-state index contributed by atoms with van der Waals surface area (Å²) in [6, 6.07) is 3.28. The Morgan fingerprint density at radius 1 is 1.39 bits per heavy atom. The number of nitrogens with zero attached hydrogens (tertiary/aromatic N) is 3. The van der Waals surface area contributed by atoms with Crippen molar-refractivity contribution in [3.8, 4) is 0 Å². The highest BCUT2D eigenvalue weighted by molar-refractivity contribution is 5.43. The fourth-order valence-corrected chi connectivity index (χ4v) is 2.87. The molecule has 2 bridgehead atoms. The van der Waals surface area contributed by atoms with Crippen molar-refractivity contribution < 1.29 is 9.13 Å². The third kappa shape index (κ3) is 1.56. The Kier molecular flexibility index (Phi) is 2.08. The highest BCUT2D eigenvalue weighted by Gasteiger charge is 2.41. The van der Waals surface area contributed by atoms with E-state index in [1.54, 1.807) is 6.07 Å². The molecule has 0 aromatic carbocycles. The predicted molar refractivity (Wildman–Crippen MR) is 62.9 cm³/mol. The van der Waals surface area contributed by atoms with Gasteiger partial charge in [-0.2, -0.15) is 4.98 Å². The number of fused-ring (bicyclic) bond motifs is 3. The zero-order chi connectivity index (χ0) is 12.1. The van der Waals surface area contributed by atoms with Gasteiger partial charge in [-0.15, -0.1) is 5.10 Å². The van der Waals surface area contributed by atoms with E-state index in [9.17, 15) is 4.39 Å². The summed E-state index contributed by atoms with van der Waals surface area (Å²) in [5.74, 6) is 0.226. The Morgan fingerprint density at radius 2 is 2.33 bits per heavy atom. The molecule has 2 saturated heterocycles. The van der Waals surface area contributed by atoms with Crippen molar-refractivity contribution in [2.24, 2.45) is 0 Å². The van der Waals surface area contributed by atoms with Gasteiger partial charge in [0.2, 0.25) is 5.95 Å². The molecule has 4 rings (SSSR count). The van der Waals surface area contributed by atoms with Crippen LogP contribution in [0.3, 0.4) is 0 Å². The van der Waals surface area contributed by atoms with Crippen LogP contribution in [0, 0.1) is 5.82 Å². The minimum absolute atomic E-state index is 0.276. The summed E-state index contributed by atoms with van der Waals surface area (Å²) in [6.07, 6.45) is 5.26. The molecular formula is C12H13FN4O. The fraction of sp³-hybridized carbons (Fsp3) is 0.500. The van der Waals surface area contributed by atoms with E-state index in [4.69, 9.17) is 4.74 Å². The molecule has 0 amide bonds. The van der Waals surface area contributed by atoms with Crippen LogP contribution in [0.25, 0.3) is 5.65 Å². The van der Waals surface area contributed by atoms with Crippen LogP contribution in [0.4, 0.5) is 10.3 Å². The van der Waals surface area contributed by atoms with Crippen LogP contribution in [0.15, 0.2) is 18.3 Å². The lowest BCUT2D eigenvalue weighted by molar-refractivity contribution is 0.102. The van der Waals surface area contributed by atoms with Crippen molar-refractivity contribution in [3.05, 3.63) is 24.1 Å². The summed E-state index contributed by atoms with van der Waals surface area (Å²) >= 11 is 0. The van der Waals surface area contributed by atoms with Crippen LogP contribution in [0.2, 0.25) is 0 Å². The maximum atomic E-state index is 13.0. The fourth-order valence-electron chi connectivity index (χ4n) is 2.87. The van der Waals surface area contributed by atoms with Crippen molar-refractivity contribution in [3.63, 3.8) is 0 Å². The van der Waals surface area contributed by atoms with Crippen molar-refractivity contribution in [2.75, 3.05) is 5.32 Å². The van der Waals surface area contributed by atoms with Gasteiger partial charge in [0, 0.05) is 0 Å². The van der Waals surface area contributed by atoms with Crippen LogP contribution in [-0.2, 0) is 4.74 Å². The molecule has 2 aromatic heterocycles. The van der Waals surface area contributed by atoms with E-state index in [1.165, 1.54) is 16.8 Å². The van der Waals surface area contributed by atoms with Gasteiger partial charge in [-0.3, -0.25) is 0 Å². The molecule has 2 aliphatic rings. The van der Waals surface area contributed by atoms with Crippen LogP contribution >= 0.6 is 0 Å². The number of hydrogen-bond donors (Lipinski definition) is 1. The third-order valence-electron chi connectivity index (χ3n) is 3.72. The molecule has 0 radical (unpaired) electrons. The number of ether oxygens (including phenoxy) is 1. The molecular weight excluding hydrogens is 235 g/mol. The quantitative estimate of drug-likeness (QED) is 0.877. The van der Waals surface area contributed by atoms with E-state index in [1.807, 2.05) is 0 Å². The minimum atomic E-state index is -0.317. The molecule has 0 saturated carbocycles. The van der Waals surface area contributed by atoms with Crippen LogP contribution in [-0.4, -0.2) is 32.8 Å². The van der Waals surface area contributed by atoms with E-state index in [0.717, 1.165) is 19.3 Å². The third-order valence-corrected chi connectivity index (χ3v) is 3.72.